The van der Waals surface area contributed by atoms with Gasteiger partial charge in [0.2, 0.25) is 0 Å². The molecule has 0 bridgehead atoms. The van der Waals surface area contributed by atoms with Gasteiger partial charge in [0.05, 0.1) is 4.70 Å². The van der Waals surface area contributed by atoms with E-state index in [-0.39, 0.29) is 5.82 Å². The van der Waals surface area contributed by atoms with E-state index in [1.165, 1.54) is 17.4 Å². The van der Waals surface area contributed by atoms with Crippen LogP contribution in [0.1, 0.15) is 27.2 Å². The predicted octanol–water partition coefficient (Wildman–Crippen LogP) is 4.80. The van der Waals surface area contributed by atoms with E-state index in [4.69, 9.17) is 0 Å². The summed E-state index contributed by atoms with van der Waals surface area (Å²) in [5, 5.41) is 3.75. The highest BCUT2D eigenvalue weighted by Gasteiger charge is 2.07. The van der Waals surface area contributed by atoms with Crippen molar-refractivity contribution >= 4 is 26.7 Å². The van der Waals surface area contributed by atoms with Gasteiger partial charge in [0.1, 0.15) is 11.3 Å². The lowest BCUT2D eigenvalue weighted by Crippen LogP contribution is -1.95. The SMILES string of the molecule is C=C(CC)Nc1nc2c(F)cccc2s1.CC. The maximum atomic E-state index is 13.3. The Labute approximate surface area is 105 Å². The van der Waals surface area contributed by atoms with Crippen molar-refractivity contribution in [3.05, 3.63) is 36.3 Å². The number of fused-ring (bicyclic) bond motifs is 1. The molecule has 0 unspecified atom stereocenters. The van der Waals surface area contributed by atoms with E-state index in [0.29, 0.717) is 10.6 Å². The average molecular weight is 252 g/mol. The lowest BCUT2D eigenvalue weighted by molar-refractivity contribution is 0.637. The van der Waals surface area contributed by atoms with Gasteiger partial charge in [0, 0.05) is 5.70 Å². The van der Waals surface area contributed by atoms with Gasteiger partial charge in [-0.3, -0.25) is 0 Å². The van der Waals surface area contributed by atoms with Crippen LogP contribution < -0.4 is 5.32 Å². The molecule has 0 saturated heterocycles. The summed E-state index contributed by atoms with van der Waals surface area (Å²) in [5.74, 6) is -0.279. The summed E-state index contributed by atoms with van der Waals surface area (Å²) in [5.41, 5.74) is 1.31. The molecule has 1 heterocycles. The van der Waals surface area contributed by atoms with Crippen LogP contribution >= 0.6 is 11.3 Å². The van der Waals surface area contributed by atoms with Crippen LogP contribution in [0.15, 0.2) is 30.5 Å². The first kappa shape index (κ1) is 13.6. The smallest absolute Gasteiger partial charge is 0.188 e. The first-order valence-corrected chi connectivity index (χ1v) is 6.52. The molecule has 0 radical (unpaired) electrons. The van der Waals surface area contributed by atoms with E-state index >= 15 is 0 Å². The number of allylic oxidation sites excluding steroid dienone is 1. The fourth-order valence-corrected chi connectivity index (χ4v) is 2.14. The van der Waals surface area contributed by atoms with Crippen LogP contribution in [0, 0.1) is 5.82 Å². The van der Waals surface area contributed by atoms with Crippen molar-refractivity contribution in [3.63, 3.8) is 0 Å². The third kappa shape index (κ3) is 3.27. The lowest BCUT2D eigenvalue weighted by Gasteiger charge is -2.00. The maximum absolute atomic E-state index is 13.3. The molecule has 92 valence electrons. The second-order valence-electron chi connectivity index (χ2n) is 3.19. The van der Waals surface area contributed by atoms with Gasteiger partial charge in [0.25, 0.3) is 0 Å². The number of nitrogens with zero attached hydrogens (tertiary/aromatic N) is 1. The van der Waals surface area contributed by atoms with E-state index in [1.54, 1.807) is 6.07 Å². The highest BCUT2D eigenvalue weighted by Crippen LogP contribution is 2.28. The summed E-state index contributed by atoms with van der Waals surface area (Å²) in [4.78, 5) is 4.17. The van der Waals surface area contributed by atoms with Gasteiger partial charge in [-0.15, -0.1) is 0 Å². The topological polar surface area (TPSA) is 24.9 Å². The summed E-state index contributed by atoms with van der Waals surface area (Å²) in [6.07, 6.45) is 0.832. The van der Waals surface area contributed by atoms with Crippen LogP contribution in [0.2, 0.25) is 0 Å². The maximum Gasteiger partial charge on any atom is 0.188 e. The van der Waals surface area contributed by atoms with Crippen LogP contribution in [0.5, 0.6) is 0 Å². The highest BCUT2D eigenvalue weighted by atomic mass is 32.1. The van der Waals surface area contributed by atoms with Gasteiger partial charge in [-0.2, -0.15) is 0 Å². The van der Waals surface area contributed by atoms with E-state index in [2.05, 4.69) is 16.9 Å². The van der Waals surface area contributed by atoms with Crippen molar-refractivity contribution in [2.24, 2.45) is 0 Å². The number of rotatable bonds is 3. The van der Waals surface area contributed by atoms with Gasteiger partial charge in [-0.25, -0.2) is 9.37 Å². The van der Waals surface area contributed by atoms with E-state index < -0.39 is 0 Å². The first-order valence-electron chi connectivity index (χ1n) is 5.70. The summed E-state index contributed by atoms with van der Waals surface area (Å²) >= 11 is 1.43. The van der Waals surface area contributed by atoms with Gasteiger partial charge in [0.15, 0.2) is 5.13 Å². The minimum Gasteiger partial charge on any atom is -0.336 e. The molecule has 1 aromatic carbocycles. The summed E-state index contributed by atoms with van der Waals surface area (Å²) in [6.45, 7) is 9.83. The van der Waals surface area contributed by atoms with Crippen molar-refractivity contribution in [2.75, 3.05) is 5.32 Å². The third-order valence-corrected chi connectivity index (χ3v) is 3.02. The zero-order valence-electron chi connectivity index (χ0n) is 10.4. The van der Waals surface area contributed by atoms with Crippen LogP contribution in [0.3, 0.4) is 0 Å². The first-order chi connectivity index (χ1) is 8.20. The zero-order chi connectivity index (χ0) is 12.8. The molecule has 0 fully saturated rings. The van der Waals surface area contributed by atoms with Gasteiger partial charge in [-0.1, -0.05) is 44.8 Å². The van der Waals surface area contributed by atoms with E-state index in [9.17, 15) is 4.39 Å². The average Bonchev–Trinajstić information content (AvgIpc) is 2.75. The Balaban J connectivity index is 0.000000686. The summed E-state index contributed by atoms with van der Waals surface area (Å²) in [7, 11) is 0. The number of aromatic nitrogens is 1. The Bertz CT molecular complexity index is 505. The summed E-state index contributed by atoms with van der Waals surface area (Å²) in [6, 6.07) is 4.96. The molecule has 0 aliphatic rings. The largest absolute Gasteiger partial charge is 0.336 e. The number of thiazole rings is 1. The highest BCUT2D eigenvalue weighted by molar-refractivity contribution is 7.22. The molecule has 1 N–H and O–H groups in total. The van der Waals surface area contributed by atoms with Crippen LogP contribution in [0.4, 0.5) is 9.52 Å². The molecule has 0 amide bonds. The Morgan fingerprint density at radius 1 is 1.47 bits per heavy atom. The van der Waals surface area contributed by atoms with Gasteiger partial charge in [-0.05, 0) is 18.6 Å². The molecule has 1 aromatic heterocycles. The number of halogens is 1. The molecule has 2 aromatic rings. The number of hydrogen-bond donors (Lipinski definition) is 1. The Morgan fingerprint density at radius 3 is 2.76 bits per heavy atom. The molecule has 0 aliphatic carbocycles. The monoisotopic (exact) mass is 252 g/mol. The number of para-hydroxylation sites is 1. The number of anilines is 1. The number of benzene rings is 1. The molecule has 0 saturated carbocycles. The fraction of sp³-hybridized carbons (Fsp3) is 0.308. The Kier molecular flexibility index (Phi) is 5.10. The summed E-state index contributed by atoms with van der Waals surface area (Å²) < 4.78 is 14.2. The molecular weight excluding hydrogens is 235 g/mol. The van der Waals surface area contributed by atoms with Crippen molar-refractivity contribution < 1.29 is 4.39 Å². The normalized spacial score (nSPS) is 9.65. The van der Waals surface area contributed by atoms with Gasteiger partial charge >= 0.3 is 0 Å². The molecule has 0 atom stereocenters. The van der Waals surface area contributed by atoms with Crippen molar-refractivity contribution in [3.8, 4) is 0 Å². The van der Waals surface area contributed by atoms with Crippen molar-refractivity contribution in [1.82, 2.24) is 4.98 Å². The Morgan fingerprint density at radius 2 is 2.18 bits per heavy atom. The number of hydrogen-bond acceptors (Lipinski definition) is 3. The predicted molar refractivity (Wildman–Crippen MR) is 74.0 cm³/mol. The molecule has 2 nitrogen and oxygen atoms in total. The minimum atomic E-state index is -0.279. The number of nitrogens with one attached hydrogen (secondary N) is 1. The van der Waals surface area contributed by atoms with Crippen molar-refractivity contribution in [1.29, 1.82) is 0 Å². The van der Waals surface area contributed by atoms with E-state index in [1.807, 2.05) is 26.8 Å². The quantitative estimate of drug-likeness (QED) is 0.849. The molecule has 0 spiro atoms. The van der Waals surface area contributed by atoms with Crippen LogP contribution in [-0.4, -0.2) is 4.98 Å². The van der Waals surface area contributed by atoms with Crippen molar-refractivity contribution in [2.45, 2.75) is 27.2 Å². The Hall–Kier alpha value is -1.42. The fourth-order valence-electron chi connectivity index (χ4n) is 1.21. The van der Waals surface area contributed by atoms with E-state index in [0.717, 1.165) is 16.8 Å². The van der Waals surface area contributed by atoms with Gasteiger partial charge < -0.3 is 5.32 Å². The standard InChI is InChI=1S/C11H11FN2S.C2H6/c1-3-7(2)13-11-14-10-8(12)5-4-6-9(10)15-11;1-2/h4-6H,2-3H2,1H3,(H,13,14);1-2H3. The minimum absolute atomic E-state index is 0.279. The van der Waals surface area contributed by atoms with Crippen LogP contribution in [0.25, 0.3) is 10.2 Å². The molecule has 4 heteroatoms. The molecule has 2 rings (SSSR count). The molecule has 17 heavy (non-hydrogen) atoms. The van der Waals surface area contributed by atoms with Crippen LogP contribution in [-0.2, 0) is 0 Å². The molecule has 0 aliphatic heterocycles. The lowest BCUT2D eigenvalue weighted by atomic mass is 10.3. The molecular formula is C13H17FN2S. The third-order valence-electron chi connectivity index (χ3n) is 2.08. The second-order valence-corrected chi connectivity index (χ2v) is 4.22. The zero-order valence-corrected chi connectivity index (χ0v) is 11.2. The second kappa shape index (κ2) is 6.35.